The third-order valence-electron chi connectivity index (χ3n) is 6.07. The number of nitrogens with zero attached hydrogens (tertiary/aromatic N) is 4. The number of sulfone groups is 1. The van der Waals surface area contributed by atoms with Crippen LogP contribution in [-0.4, -0.2) is 48.8 Å². The number of hydrogen-bond donors (Lipinski definition) is 0. The van der Waals surface area contributed by atoms with Gasteiger partial charge >= 0.3 is 0 Å². The molecule has 1 fully saturated rings. The van der Waals surface area contributed by atoms with Crippen molar-refractivity contribution < 1.29 is 17.5 Å². The molecular weight excluding hydrogens is 507 g/mol. The molecule has 0 radical (unpaired) electrons. The van der Waals surface area contributed by atoms with Gasteiger partial charge < -0.3 is 9.64 Å². The number of fused-ring (bicyclic) bond motifs is 1. The zero-order chi connectivity index (χ0) is 24.7. The van der Waals surface area contributed by atoms with Crippen molar-refractivity contribution in [1.29, 1.82) is 0 Å². The van der Waals surface area contributed by atoms with Crippen LogP contribution in [0.3, 0.4) is 0 Å². The third kappa shape index (κ3) is 4.89. The van der Waals surface area contributed by atoms with E-state index in [1.54, 1.807) is 11.3 Å². The van der Waals surface area contributed by atoms with Crippen LogP contribution in [-0.2, 0) is 9.84 Å². The van der Waals surface area contributed by atoms with Gasteiger partial charge in [-0.2, -0.15) is 0 Å². The Morgan fingerprint density at radius 2 is 1.89 bits per heavy atom. The van der Waals surface area contributed by atoms with Gasteiger partial charge in [0, 0.05) is 54.1 Å². The van der Waals surface area contributed by atoms with E-state index in [-0.39, 0.29) is 11.0 Å². The van der Waals surface area contributed by atoms with E-state index in [0.717, 1.165) is 53.8 Å². The monoisotopic (exact) mass is 532 g/mol. The Balaban J connectivity index is 1.33. The fourth-order valence-corrected chi connectivity index (χ4v) is 6.68. The van der Waals surface area contributed by atoms with E-state index < -0.39 is 15.7 Å². The first kappa shape index (κ1) is 24.1. The minimum atomic E-state index is -3.49. The highest BCUT2D eigenvalue weighted by Gasteiger charge is 2.25. The molecule has 0 aliphatic carbocycles. The number of rotatable bonds is 6. The SMILES string of the molecule is CC(C)c1csc(N2CCC(Oc3ncnc4c(-c5ccc(S(C)(=O)=O)cc5F)csc34)CC2)n1. The first-order chi connectivity index (χ1) is 16.7. The van der Waals surface area contributed by atoms with Crippen molar-refractivity contribution in [3.8, 4) is 17.0 Å². The fourth-order valence-electron chi connectivity index (χ4n) is 4.06. The Bertz CT molecular complexity index is 1470. The lowest BCUT2D eigenvalue weighted by atomic mass is 10.1. The van der Waals surface area contributed by atoms with Gasteiger partial charge in [0.1, 0.15) is 22.9 Å². The van der Waals surface area contributed by atoms with E-state index in [2.05, 4.69) is 34.1 Å². The smallest absolute Gasteiger partial charge is 0.235 e. The van der Waals surface area contributed by atoms with Gasteiger partial charge in [0.15, 0.2) is 15.0 Å². The molecule has 0 N–H and O–H groups in total. The average Bonchev–Trinajstić information content (AvgIpc) is 3.47. The molecule has 0 atom stereocenters. The molecule has 0 spiro atoms. The molecule has 3 aromatic heterocycles. The van der Waals surface area contributed by atoms with Crippen molar-refractivity contribution in [3.05, 3.63) is 46.8 Å². The molecule has 0 bridgehead atoms. The minimum Gasteiger partial charge on any atom is -0.473 e. The lowest BCUT2D eigenvalue weighted by Gasteiger charge is -2.31. The summed E-state index contributed by atoms with van der Waals surface area (Å²) in [5.74, 6) is 0.306. The molecule has 35 heavy (non-hydrogen) atoms. The summed E-state index contributed by atoms with van der Waals surface area (Å²) < 4.78 is 45.4. The van der Waals surface area contributed by atoms with E-state index in [0.29, 0.717) is 28.4 Å². The van der Waals surface area contributed by atoms with Gasteiger partial charge in [-0.15, -0.1) is 22.7 Å². The van der Waals surface area contributed by atoms with E-state index in [4.69, 9.17) is 9.72 Å². The summed E-state index contributed by atoms with van der Waals surface area (Å²) in [5, 5.41) is 5.00. The fraction of sp³-hybridized carbons (Fsp3) is 0.375. The zero-order valence-electron chi connectivity index (χ0n) is 19.6. The Labute approximate surface area is 211 Å². The van der Waals surface area contributed by atoms with Crippen molar-refractivity contribution in [2.45, 2.75) is 43.6 Å². The van der Waals surface area contributed by atoms with Crippen LogP contribution in [0.2, 0.25) is 0 Å². The van der Waals surface area contributed by atoms with Gasteiger partial charge in [-0.1, -0.05) is 19.9 Å². The van der Waals surface area contributed by atoms with Crippen LogP contribution in [0.25, 0.3) is 21.3 Å². The van der Waals surface area contributed by atoms with Crippen molar-refractivity contribution in [2.24, 2.45) is 0 Å². The van der Waals surface area contributed by atoms with E-state index >= 15 is 0 Å². The van der Waals surface area contributed by atoms with E-state index in [1.807, 2.05) is 5.38 Å². The Hall–Kier alpha value is -2.63. The van der Waals surface area contributed by atoms with Crippen molar-refractivity contribution in [2.75, 3.05) is 24.2 Å². The van der Waals surface area contributed by atoms with Crippen LogP contribution in [0.15, 0.2) is 40.2 Å². The molecule has 0 saturated carbocycles. The summed E-state index contributed by atoms with van der Waals surface area (Å²) in [6.07, 6.45) is 4.20. The number of anilines is 1. The lowest BCUT2D eigenvalue weighted by molar-refractivity contribution is 0.166. The number of thiophene rings is 1. The Kier molecular flexibility index (Phi) is 6.49. The summed E-state index contributed by atoms with van der Waals surface area (Å²) in [7, 11) is -3.49. The number of ether oxygens (including phenoxy) is 1. The quantitative estimate of drug-likeness (QED) is 0.323. The second kappa shape index (κ2) is 9.44. The normalized spacial score (nSPS) is 15.3. The highest BCUT2D eigenvalue weighted by atomic mass is 32.2. The van der Waals surface area contributed by atoms with E-state index in [9.17, 15) is 12.8 Å². The number of aromatic nitrogens is 3. The molecule has 1 aliphatic rings. The van der Waals surface area contributed by atoms with Gasteiger partial charge in [-0.05, 0) is 18.1 Å². The van der Waals surface area contributed by atoms with Gasteiger partial charge in [0.05, 0.1) is 16.1 Å². The predicted molar refractivity (Wildman–Crippen MR) is 138 cm³/mol. The summed E-state index contributed by atoms with van der Waals surface area (Å²) in [6, 6.07) is 3.94. The molecular formula is C24H25FN4O3S3. The molecule has 11 heteroatoms. The first-order valence-electron chi connectivity index (χ1n) is 11.3. The maximum atomic E-state index is 14.8. The van der Waals surface area contributed by atoms with Gasteiger partial charge in [-0.25, -0.2) is 27.8 Å². The second-order valence-electron chi connectivity index (χ2n) is 8.93. The average molecular weight is 533 g/mol. The maximum absolute atomic E-state index is 14.8. The van der Waals surface area contributed by atoms with Crippen LogP contribution in [0, 0.1) is 5.82 Å². The first-order valence-corrected chi connectivity index (χ1v) is 14.9. The lowest BCUT2D eigenvalue weighted by Crippen LogP contribution is -2.38. The van der Waals surface area contributed by atoms with Crippen LogP contribution in [0.5, 0.6) is 5.88 Å². The summed E-state index contributed by atoms with van der Waals surface area (Å²) in [5.41, 5.74) is 2.61. The molecule has 4 heterocycles. The molecule has 7 nitrogen and oxygen atoms in total. The highest BCUT2D eigenvalue weighted by molar-refractivity contribution is 7.90. The second-order valence-corrected chi connectivity index (χ2v) is 12.7. The maximum Gasteiger partial charge on any atom is 0.235 e. The molecule has 0 amide bonds. The van der Waals surface area contributed by atoms with Crippen molar-refractivity contribution in [1.82, 2.24) is 15.0 Å². The number of hydrogen-bond acceptors (Lipinski definition) is 9. The molecule has 1 saturated heterocycles. The number of halogens is 1. The third-order valence-corrected chi connectivity index (χ3v) is 9.06. The van der Waals surface area contributed by atoms with Crippen molar-refractivity contribution in [3.63, 3.8) is 0 Å². The van der Waals surface area contributed by atoms with E-state index in [1.165, 1.54) is 29.8 Å². The van der Waals surface area contributed by atoms with Crippen LogP contribution < -0.4 is 9.64 Å². The van der Waals surface area contributed by atoms with Crippen LogP contribution in [0.4, 0.5) is 9.52 Å². The largest absolute Gasteiger partial charge is 0.473 e. The number of piperidine rings is 1. The minimum absolute atomic E-state index is 0.0187. The van der Waals surface area contributed by atoms with Crippen molar-refractivity contribution >= 4 is 47.9 Å². The predicted octanol–water partition coefficient (Wildman–Crippen LogP) is 5.53. The standard InChI is InChI=1S/C24H25FN4O3S3/c1-14(2)20-12-34-24(28-20)29-8-6-15(7-9-29)32-23-22-21(26-13-27-23)18(11-33-22)17-5-4-16(10-19(17)25)35(3,30)31/h4-5,10-15H,6-9H2,1-3H3. The van der Waals surface area contributed by atoms with Gasteiger partial charge in [0.2, 0.25) is 5.88 Å². The highest BCUT2D eigenvalue weighted by Crippen LogP contribution is 2.39. The molecule has 1 aliphatic heterocycles. The summed E-state index contributed by atoms with van der Waals surface area (Å²) in [6.45, 7) is 6.02. The number of thiazole rings is 1. The number of benzene rings is 1. The van der Waals surface area contributed by atoms with Crippen LogP contribution in [0.1, 0.15) is 38.3 Å². The Morgan fingerprint density at radius 1 is 1.11 bits per heavy atom. The topological polar surface area (TPSA) is 85.3 Å². The summed E-state index contributed by atoms with van der Waals surface area (Å²) in [4.78, 5) is 15.7. The molecule has 4 aromatic rings. The zero-order valence-corrected chi connectivity index (χ0v) is 22.0. The van der Waals surface area contributed by atoms with Gasteiger partial charge in [-0.3, -0.25) is 0 Å². The molecule has 1 aromatic carbocycles. The molecule has 5 rings (SSSR count). The molecule has 0 unspecified atom stereocenters. The molecule has 184 valence electrons. The Morgan fingerprint density at radius 3 is 2.54 bits per heavy atom. The van der Waals surface area contributed by atoms with Crippen LogP contribution >= 0.6 is 22.7 Å². The summed E-state index contributed by atoms with van der Waals surface area (Å²) >= 11 is 3.08. The van der Waals surface area contributed by atoms with Gasteiger partial charge in [0.25, 0.3) is 0 Å².